The number of hydrogen-bond donors (Lipinski definition) is 3. The molecule has 8 nitrogen and oxygen atoms in total. The molecule has 0 saturated heterocycles. The SMILES string of the molecule is CC(C)[C@@H](NC(=O)Nc1ccccc1)C(=O)OCC(=O)N[C@@](C)(C#N)C1CC1. The van der Waals surface area contributed by atoms with Gasteiger partial charge < -0.3 is 20.7 Å². The monoisotopic (exact) mass is 386 g/mol. The van der Waals surface area contributed by atoms with E-state index in [0.29, 0.717) is 5.69 Å². The van der Waals surface area contributed by atoms with Crippen LogP contribution in [0.1, 0.15) is 33.6 Å². The Kier molecular flexibility index (Phi) is 6.99. The summed E-state index contributed by atoms with van der Waals surface area (Å²) < 4.78 is 5.07. The number of rotatable bonds is 8. The fourth-order valence-electron chi connectivity index (χ4n) is 2.76. The summed E-state index contributed by atoms with van der Waals surface area (Å²) in [5.74, 6) is -1.36. The number of anilines is 1. The lowest BCUT2D eigenvalue weighted by Crippen LogP contribution is -2.50. The second-order valence-electron chi connectivity index (χ2n) is 7.43. The fourth-order valence-corrected chi connectivity index (χ4v) is 2.76. The lowest BCUT2D eigenvalue weighted by atomic mass is 9.98. The average molecular weight is 386 g/mol. The minimum absolute atomic E-state index is 0.129. The van der Waals surface area contributed by atoms with Crippen molar-refractivity contribution in [1.82, 2.24) is 10.6 Å². The summed E-state index contributed by atoms with van der Waals surface area (Å²) >= 11 is 0. The van der Waals surface area contributed by atoms with E-state index < -0.39 is 36.1 Å². The average Bonchev–Trinajstić information content (AvgIpc) is 3.50. The van der Waals surface area contributed by atoms with Crippen molar-refractivity contribution in [3.8, 4) is 6.07 Å². The molecule has 1 fully saturated rings. The van der Waals surface area contributed by atoms with Gasteiger partial charge in [-0.1, -0.05) is 32.0 Å². The van der Waals surface area contributed by atoms with Crippen molar-refractivity contribution in [2.24, 2.45) is 11.8 Å². The van der Waals surface area contributed by atoms with Gasteiger partial charge in [-0.05, 0) is 43.7 Å². The van der Waals surface area contributed by atoms with Crippen LogP contribution in [0.25, 0.3) is 0 Å². The largest absolute Gasteiger partial charge is 0.454 e. The summed E-state index contributed by atoms with van der Waals surface area (Å²) in [6.07, 6.45) is 1.78. The number of nitrogens with zero attached hydrogens (tertiary/aromatic N) is 1. The highest BCUT2D eigenvalue weighted by Crippen LogP contribution is 2.39. The molecule has 0 heterocycles. The maximum Gasteiger partial charge on any atom is 0.329 e. The molecular formula is C20H26N4O4. The van der Waals surface area contributed by atoms with Crippen LogP contribution in [-0.2, 0) is 14.3 Å². The van der Waals surface area contributed by atoms with Crippen LogP contribution in [0.4, 0.5) is 10.5 Å². The van der Waals surface area contributed by atoms with Gasteiger partial charge in [-0.15, -0.1) is 0 Å². The zero-order valence-corrected chi connectivity index (χ0v) is 16.3. The fraction of sp³-hybridized carbons (Fsp3) is 0.500. The number of benzene rings is 1. The van der Waals surface area contributed by atoms with E-state index in [-0.39, 0.29) is 11.8 Å². The van der Waals surface area contributed by atoms with E-state index in [4.69, 9.17) is 4.74 Å². The summed E-state index contributed by atoms with van der Waals surface area (Å²) in [6, 6.07) is 9.47. The molecule has 0 spiro atoms. The maximum atomic E-state index is 12.3. The number of carbonyl (C=O) groups is 3. The molecule has 1 aromatic rings. The Balaban J connectivity index is 1.85. The van der Waals surface area contributed by atoms with E-state index in [9.17, 15) is 19.6 Å². The predicted molar refractivity (Wildman–Crippen MR) is 103 cm³/mol. The zero-order valence-electron chi connectivity index (χ0n) is 16.3. The molecule has 8 heteroatoms. The summed E-state index contributed by atoms with van der Waals surface area (Å²) in [5.41, 5.74) is -0.361. The third-order valence-electron chi connectivity index (χ3n) is 4.61. The standard InChI is InChI=1S/C20H26N4O4/c1-13(2)17(23-19(27)22-15-7-5-4-6-8-15)18(26)28-11-16(25)24-20(3,12-21)14-9-10-14/h4-8,13-14,17H,9-11H2,1-3H3,(H,24,25)(H2,22,23,27)/t17-,20+/m1/s1. The second kappa shape index (κ2) is 9.22. The van der Waals surface area contributed by atoms with Gasteiger partial charge in [0.05, 0.1) is 6.07 Å². The molecule has 0 radical (unpaired) electrons. The van der Waals surface area contributed by atoms with Crippen molar-refractivity contribution in [3.63, 3.8) is 0 Å². The summed E-state index contributed by atoms with van der Waals surface area (Å²) in [7, 11) is 0. The van der Waals surface area contributed by atoms with Crippen molar-refractivity contribution in [3.05, 3.63) is 30.3 Å². The van der Waals surface area contributed by atoms with Gasteiger partial charge in [-0.25, -0.2) is 9.59 Å². The van der Waals surface area contributed by atoms with Crippen LogP contribution in [0.2, 0.25) is 0 Å². The first kappa shape index (κ1) is 21.2. The zero-order chi connectivity index (χ0) is 20.7. The second-order valence-corrected chi connectivity index (χ2v) is 7.43. The number of ether oxygens (including phenoxy) is 1. The summed E-state index contributed by atoms with van der Waals surface area (Å²) in [4.78, 5) is 36.6. The molecule has 0 aromatic heterocycles. The summed E-state index contributed by atoms with van der Waals surface area (Å²) in [6.45, 7) is 4.67. The Bertz CT molecular complexity index is 755. The normalized spacial score (nSPS) is 16.2. The minimum atomic E-state index is -0.950. The molecule has 0 aliphatic heterocycles. The molecular weight excluding hydrogens is 360 g/mol. The highest BCUT2D eigenvalue weighted by Gasteiger charge is 2.43. The molecule has 2 atom stereocenters. The third kappa shape index (κ3) is 5.98. The highest BCUT2D eigenvalue weighted by molar-refractivity contribution is 5.93. The van der Waals surface area contributed by atoms with Gasteiger partial charge in [0, 0.05) is 5.69 Å². The lowest BCUT2D eigenvalue weighted by molar-refractivity contribution is -0.151. The Morgan fingerprint density at radius 3 is 2.43 bits per heavy atom. The van der Waals surface area contributed by atoms with E-state index in [2.05, 4.69) is 22.0 Å². The third-order valence-corrected chi connectivity index (χ3v) is 4.61. The van der Waals surface area contributed by atoms with Gasteiger partial charge in [0.2, 0.25) is 0 Å². The van der Waals surface area contributed by atoms with Crippen LogP contribution in [0.15, 0.2) is 30.3 Å². The molecule has 28 heavy (non-hydrogen) atoms. The number of urea groups is 1. The van der Waals surface area contributed by atoms with Crippen molar-refractivity contribution in [2.75, 3.05) is 11.9 Å². The van der Waals surface area contributed by atoms with Gasteiger partial charge in [0.1, 0.15) is 11.6 Å². The van der Waals surface area contributed by atoms with Crippen LogP contribution in [0.3, 0.4) is 0 Å². The molecule has 3 N–H and O–H groups in total. The number of amides is 3. The molecule has 3 amide bonds. The van der Waals surface area contributed by atoms with E-state index >= 15 is 0 Å². The van der Waals surface area contributed by atoms with Gasteiger partial charge in [-0.3, -0.25) is 4.79 Å². The van der Waals surface area contributed by atoms with Crippen LogP contribution in [0.5, 0.6) is 0 Å². The first-order valence-electron chi connectivity index (χ1n) is 9.26. The molecule has 1 saturated carbocycles. The van der Waals surface area contributed by atoms with Gasteiger partial charge in [0.25, 0.3) is 5.91 Å². The molecule has 1 aliphatic carbocycles. The van der Waals surface area contributed by atoms with Gasteiger partial charge >= 0.3 is 12.0 Å². The number of nitrogens with one attached hydrogen (secondary N) is 3. The molecule has 150 valence electrons. The maximum absolute atomic E-state index is 12.3. The quantitative estimate of drug-likeness (QED) is 0.592. The van der Waals surface area contributed by atoms with Crippen LogP contribution in [0, 0.1) is 23.2 Å². The van der Waals surface area contributed by atoms with Gasteiger partial charge in [0.15, 0.2) is 6.61 Å². The number of para-hydroxylation sites is 1. The van der Waals surface area contributed by atoms with Crippen LogP contribution in [-0.4, -0.2) is 36.1 Å². The van der Waals surface area contributed by atoms with Crippen molar-refractivity contribution in [1.29, 1.82) is 5.26 Å². The Labute approximate surface area is 164 Å². The number of hydrogen-bond acceptors (Lipinski definition) is 5. The lowest BCUT2D eigenvalue weighted by Gasteiger charge is -2.24. The molecule has 1 aliphatic rings. The van der Waals surface area contributed by atoms with Crippen molar-refractivity contribution < 1.29 is 19.1 Å². The van der Waals surface area contributed by atoms with Gasteiger partial charge in [-0.2, -0.15) is 5.26 Å². The van der Waals surface area contributed by atoms with E-state index in [1.807, 2.05) is 6.07 Å². The molecule has 1 aromatic carbocycles. The Morgan fingerprint density at radius 1 is 1.25 bits per heavy atom. The first-order valence-corrected chi connectivity index (χ1v) is 9.26. The Hall–Kier alpha value is -3.08. The molecule has 0 unspecified atom stereocenters. The van der Waals surface area contributed by atoms with E-state index in [1.54, 1.807) is 45.0 Å². The molecule has 0 bridgehead atoms. The number of nitriles is 1. The Morgan fingerprint density at radius 2 is 1.89 bits per heavy atom. The van der Waals surface area contributed by atoms with E-state index in [0.717, 1.165) is 12.8 Å². The summed E-state index contributed by atoms with van der Waals surface area (Å²) in [5, 5.41) is 17.1. The number of esters is 1. The predicted octanol–water partition coefficient (Wildman–Crippen LogP) is 2.18. The smallest absolute Gasteiger partial charge is 0.329 e. The van der Waals surface area contributed by atoms with Crippen LogP contribution >= 0.6 is 0 Å². The molecule has 2 rings (SSSR count). The van der Waals surface area contributed by atoms with Crippen LogP contribution < -0.4 is 16.0 Å². The highest BCUT2D eigenvalue weighted by atomic mass is 16.5. The topological polar surface area (TPSA) is 120 Å². The van der Waals surface area contributed by atoms with Crippen molar-refractivity contribution >= 4 is 23.6 Å². The first-order chi connectivity index (χ1) is 13.2. The van der Waals surface area contributed by atoms with Crippen molar-refractivity contribution in [2.45, 2.75) is 45.2 Å². The van der Waals surface area contributed by atoms with E-state index in [1.165, 1.54) is 0 Å². The number of carbonyl (C=O) groups excluding carboxylic acids is 3. The minimum Gasteiger partial charge on any atom is -0.454 e.